The van der Waals surface area contributed by atoms with Crippen molar-refractivity contribution in [3.8, 4) is 0 Å². The quantitative estimate of drug-likeness (QED) is 0.441. The summed E-state index contributed by atoms with van der Waals surface area (Å²) in [6, 6.07) is 10.5. The summed E-state index contributed by atoms with van der Waals surface area (Å²) in [5.41, 5.74) is -1.05. The SMILES string of the molecule is CC(=O)N1C2=NC(c3ccc([N+](=O)[O-])cc3)=C(C(F)(F)F)C3N(C)c4ccccc4[C@]23C[C@H]1C.O=C=O. The summed E-state index contributed by atoms with van der Waals surface area (Å²) in [7, 11) is 1.63. The molecule has 3 aliphatic rings. The van der Waals surface area contributed by atoms with Crippen LogP contribution >= 0.6 is 0 Å². The number of fused-ring (bicyclic) bond motifs is 1. The highest BCUT2D eigenvalue weighted by Crippen LogP contribution is 2.59. The first-order valence-corrected chi connectivity index (χ1v) is 11.2. The molecule has 2 aromatic rings. The van der Waals surface area contributed by atoms with Gasteiger partial charge in [-0.1, -0.05) is 18.2 Å². The van der Waals surface area contributed by atoms with E-state index in [1.165, 1.54) is 24.0 Å². The Morgan fingerprint density at radius 3 is 2.30 bits per heavy atom. The van der Waals surface area contributed by atoms with Gasteiger partial charge in [0, 0.05) is 43.4 Å². The van der Waals surface area contributed by atoms with Gasteiger partial charge in [-0.3, -0.25) is 19.8 Å². The van der Waals surface area contributed by atoms with Crippen LogP contribution in [0, 0.1) is 10.1 Å². The molecule has 37 heavy (non-hydrogen) atoms. The third-order valence-electron chi connectivity index (χ3n) is 7.05. The van der Waals surface area contributed by atoms with Crippen molar-refractivity contribution in [2.75, 3.05) is 11.9 Å². The lowest BCUT2D eigenvalue weighted by Crippen LogP contribution is -2.55. The molecule has 0 aliphatic carbocycles. The molecule has 1 spiro atoms. The first kappa shape index (κ1) is 25.8. The lowest BCUT2D eigenvalue weighted by molar-refractivity contribution is -0.384. The van der Waals surface area contributed by atoms with Gasteiger partial charge >= 0.3 is 12.3 Å². The summed E-state index contributed by atoms with van der Waals surface area (Å²) in [4.78, 5) is 47.0. The number of nitrogens with zero attached hydrogens (tertiary/aromatic N) is 4. The Hall–Kier alpha value is -4.31. The number of para-hydroxylation sites is 1. The molecule has 3 aliphatic heterocycles. The fourth-order valence-electron chi connectivity index (χ4n) is 5.91. The number of amides is 1. The number of halogens is 3. The third-order valence-corrected chi connectivity index (χ3v) is 7.05. The normalized spacial score (nSPS) is 23.8. The van der Waals surface area contributed by atoms with Gasteiger partial charge in [0.25, 0.3) is 5.69 Å². The number of carbonyl (C=O) groups is 1. The van der Waals surface area contributed by atoms with Crippen molar-refractivity contribution < 1.29 is 32.5 Å². The average molecular weight is 514 g/mol. The number of hydrogen-bond acceptors (Lipinski definition) is 7. The van der Waals surface area contributed by atoms with Gasteiger partial charge in [0.1, 0.15) is 5.84 Å². The number of hydrogen-bond donors (Lipinski definition) is 0. The van der Waals surface area contributed by atoms with Crippen molar-refractivity contribution >= 4 is 35.0 Å². The van der Waals surface area contributed by atoms with Crippen molar-refractivity contribution in [1.29, 1.82) is 0 Å². The Morgan fingerprint density at radius 1 is 1.16 bits per heavy atom. The topological polar surface area (TPSA) is 113 Å². The van der Waals surface area contributed by atoms with Crippen LogP contribution in [-0.2, 0) is 19.8 Å². The molecule has 0 radical (unpaired) electrons. The van der Waals surface area contributed by atoms with Gasteiger partial charge in [-0.15, -0.1) is 0 Å². The summed E-state index contributed by atoms with van der Waals surface area (Å²) in [6.07, 6.45) is -4.18. The average Bonchev–Trinajstić information content (AvgIpc) is 3.27. The molecular formula is C25H21F3N4O5. The van der Waals surface area contributed by atoms with Crippen LogP contribution in [0.15, 0.2) is 59.1 Å². The summed E-state index contributed by atoms with van der Waals surface area (Å²) in [5, 5.41) is 11.1. The van der Waals surface area contributed by atoms with E-state index in [1.807, 2.05) is 13.0 Å². The largest absolute Gasteiger partial charge is 0.416 e. The fraction of sp³-hybridized carbons (Fsp3) is 0.320. The second-order valence-electron chi connectivity index (χ2n) is 9.03. The molecule has 192 valence electrons. The Bertz CT molecular complexity index is 1380. The van der Waals surface area contributed by atoms with E-state index in [0.29, 0.717) is 17.7 Å². The maximum atomic E-state index is 14.8. The monoisotopic (exact) mass is 514 g/mol. The van der Waals surface area contributed by atoms with Crippen molar-refractivity contribution in [3.63, 3.8) is 0 Å². The summed E-state index contributed by atoms with van der Waals surface area (Å²) >= 11 is 0. The molecule has 1 saturated heterocycles. The molecule has 3 heterocycles. The van der Waals surface area contributed by atoms with Gasteiger partial charge in [0.05, 0.1) is 27.7 Å². The predicted molar refractivity (Wildman–Crippen MR) is 125 cm³/mol. The number of anilines is 1. The van der Waals surface area contributed by atoms with Gasteiger partial charge < -0.3 is 4.90 Å². The highest BCUT2D eigenvalue weighted by Gasteiger charge is 2.66. The van der Waals surface area contributed by atoms with E-state index in [9.17, 15) is 28.1 Å². The highest BCUT2D eigenvalue weighted by molar-refractivity contribution is 6.12. The van der Waals surface area contributed by atoms with Gasteiger partial charge in [-0.05, 0) is 37.1 Å². The standard InChI is InChI=1S/C24H21F3N4O3.CO2/c1-13-12-23-17-6-4-5-7-18(17)29(3)21(23)19(24(25,26)27)20(28-22(23)30(13)14(2)32)15-8-10-16(11-9-15)31(33)34;2-1-3/h4-11,13,21H,12H2,1-3H3;/t13-,21?,23+;/m1./s1. The molecule has 9 nitrogen and oxygen atoms in total. The first-order chi connectivity index (χ1) is 17.4. The minimum absolute atomic E-state index is 0.103. The second-order valence-corrected chi connectivity index (χ2v) is 9.03. The zero-order valence-electron chi connectivity index (χ0n) is 19.9. The Kier molecular flexibility index (Phi) is 6.25. The number of non-ortho nitro benzene ring substituents is 1. The van der Waals surface area contributed by atoms with Crippen LogP contribution in [0.4, 0.5) is 24.5 Å². The number of nitro groups is 1. The van der Waals surface area contributed by atoms with E-state index < -0.39 is 28.1 Å². The van der Waals surface area contributed by atoms with Crippen LogP contribution in [0.2, 0.25) is 0 Å². The van der Waals surface area contributed by atoms with Crippen LogP contribution in [0.3, 0.4) is 0 Å². The Labute approximate surface area is 209 Å². The number of nitro benzene ring substituents is 1. The second kappa shape index (κ2) is 8.97. The molecule has 1 unspecified atom stereocenters. The number of amidine groups is 1. The van der Waals surface area contributed by atoms with E-state index in [-0.39, 0.29) is 40.9 Å². The molecule has 0 N–H and O–H groups in total. The van der Waals surface area contributed by atoms with Crippen molar-refractivity contribution in [3.05, 3.63) is 75.3 Å². The molecule has 3 atom stereocenters. The van der Waals surface area contributed by atoms with Gasteiger partial charge in [-0.2, -0.15) is 22.8 Å². The minimum Gasteiger partial charge on any atom is -0.366 e. The van der Waals surface area contributed by atoms with Gasteiger partial charge in [-0.25, -0.2) is 4.99 Å². The van der Waals surface area contributed by atoms with E-state index in [1.54, 1.807) is 30.1 Å². The number of carbonyl (C=O) groups excluding carboxylic acids is 3. The van der Waals surface area contributed by atoms with Crippen LogP contribution in [0.1, 0.15) is 31.4 Å². The van der Waals surface area contributed by atoms with E-state index in [4.69, 9.17) is 9.59 Å². The zero-order valence-corrected chi connectivity index (χ0v) is 19.9. The van der Waals surface area contributed by atoms with Crippen LogP contribution < -0.4 is 4.90 Å². The zero-order chi connectivity index (χ0) is 27.3. The van der Waals surface area contributed by atoms with Gasteiger partial charge in [0.2, 0.25) is 5.91 Å². The maximum absolute atomic E-state index is 14.8. The number of aliphatic imine (C=N–C) groups is 1. The molecule has 0 bridgehead atoms. The lowest BCUT2D eigenvalue weighted by Gasteiger charge is -2.41. The molecule has 0 aromatic heterocycles. The van der Waals surface area contributed by atoms with Crippen LogP contribution in [0.5, 0.6) is 0 Å². The molecule has 12 heteroatoms. The minimum atomic E-state index is -4.73. The lowest BCUT2D eigenvalue weighted by atomic mass is 9.69. The van der Waals surface area contributed by atoms with E-state index >= 15 is 0 Å². The number of rotatable bonds is 2. The fourth-order valence-corrected chi connectivity index (χ4v) is 5.91. The third kappa shape index (κ3) is 3.80. The number of likely N-dealkylation sites (N-methyl/N-ethyl adjacent to an activating group) is 1. The first-order valence-electron chi connectivity index (χ1n) is 11.2. The number of benzene rings is 2. The molecule has 0 saturated carbocycles. The molecule has 2 aromatic carbocycles. The molecular weight excluding hydrogens is 493 g/mol. The summed E-state index contributed by atoms with van der Waals surface area (Å²) in [6.45, 7) is 3.19. The molecule has 5 rings (SSSR count). The van der Waals surface area contributed by atoms with Crippen molar-refractivity contribution in [2.45, 2.75) is 43.9 Å². The number of likely N-dealkylation sites (tertiary alicyclic amines) is 1. The Balaban J connectivity index is 0.00000102. The van der Waals surface area contributed by atoms with Crippen molar-refractivity contribution in [2.24, 2.45) is 4.99 Å². The van der Waals surface area contributed by atoms with Crippen molar-refractivity contribution in [1.82, 2.24) is 4.90 Å². The van der Waals surface area contributed by atoms with E-state index in [0.717, 1.165) is 12.1 Å². The summed E-state index contributed by atoms with van der Waals surface area (Å²) in [5.74, 6) is -0.0110. The van der Waals surface area contributed by atoms with Crippen LogP contribution in [-0.4, -0.2) is 53.0 Å². The van der Waals surface area contributed by atoms with Gasteiger partial charge in [0.15, 0.2) is 0 Å². The molecule has 1 fully saturated rings. The Morgan fingerprint density at radius 2 is 1.76 bits per heavy atom. The molecule has 1 amide bonds. The van der Waals surface area contributed by atoms with E-state index in [2.05, 4.69) is 4.99 Å². The highest BCUT2D eigenvalue weighted by atomic mass is 19.4. The number of alkyl halides is 3. The predicted octanol–water partition coefficient (Wildman–Crippen LogP) is 4.09. The smallest absolute Gasteiger partial charge is 0.366 e. The van der Waals surface area contributed by atoms with Crippen LogP contribution in [0.25, 0.3) is 5.70 Å². The maximum Gasteiger partial charge on any atom is 0.416 e. The summed E-state index contributed by atoms with van der Waals surface area (Å²) < 4.78 is 44.3.